The van der Waals surface area contributed by atoms with Crippen molar-refractivity contribution >= 4 is 54.9 Å². The highest BCUT2D eigenvalue weighted by atomic mass is 32.2. The highest BCUT2D eigenvalue weighted by Crippen LogP contribution is 2.25. The summed E-state index contributed by atoms with van der Waals surface area (Å²) in [6.45, 7) is 2.52. The van der Waals surface area contributed by atoms with Crippen molar-refractivity contribution in [2.45, 2.75) is 17.9 Å². The summed E-state index contributed by atoms with van der Waals surface area (Å²) < 4.78 is 29.4. The molecule has 1 N–H and O–H groups in total. The van der Waals surface area contributed by atoms with Crippen LogP contribution in [0.25, 0.3) is 10.9 Å². The summed E-state index contributed by atoms with van der Waals surface area (Å²) in [5.41, 5.74) is 1.55. The largest absolute Gasteiger partial charge is 0.335 e. The number of carbonyl (C=O) groups excluding carboxylic acids is 2. The Hall–Kier alpha value is -3.70. The molecule has 0 saturated carbocycles. The molecule has 2 amide bonds. The number of nitrogens with zero attached hydrogens (tertiary/aromatic N) is 4. The Morgan fingerprint density at radius 1 is 1.09 bits per heavy atom. The molecule has 9 nitrogen and oxygen atoms in total. The number of carbonyl (C=O) groups is 2. The normalized spacial score (nSPS) is 15.4. The van der Waals surface area contributed by atoms with Crippen LogP contribution >= 0.6 is 11.3 Å². The summed E-state index contributed by atoms with van der Waals surface area (Å²) in [7, 11) is -3.77. The lowest BCUT2D eigenvalue weighted by Gasteiger charge is -2.35. The molecule has 1 fully saturated rings. The summed E-state index contributed by atoms with van der Waals surface area (Å²) in [6, 6.07) is 15.5. The van der Waals surface area contributed by atoms with E-state index in [0.29, 0.717) is 18.8 Å². The van der Waals surface area contributed by atoms with Gasteiger partial charge in [-0.3, -0.25) is 14.3 Å². The summed E-state index contributed by atoms with van der Waals surface area (Å²) in [4.78, 5) is 33.2. The minimum absolute atomic E-state index is 0.0337. The van der Waals surface area contributed by atoms with Gasteiger partial charge in [0.1, 0.15) is 12.6 Å². The van der Waals surface area contributed by atoms with E-state index in [0.717, 1.165) is 10.9 Å². The highest BCUT2D eigenvalue weighted by molar-refractivity contribution is 7.93. The van der Waals surface area contributed by atoms with Gasteiger partial charge in [-0.05, 0) is 48.7 Å². The first-order valence-electron chi connectivity index (χ1n) is 11.0. The molecule has 1 atom stereocenters. The number of aromatic nitrogens is 2. The fraction of sp³-hybridized carbons (Fsp3) is 0.208. The number of thiazole rings is 1. The maximum atomic E-state index is 13.2. The van der Waals surface area contributed by atoms with Crippen molar-refractivity contribution in [2.75, 3.05) is 29.3 Å². The molecule has 2 aromatic heterocycles. The van der Waals surface area contributed by atoms with Gasteiger partial charge in [0.25, 0.3) is 10.0 Å². The molecule has 1 saturated heterocycles. The van der Waals surface area contributed by atoms with E-state index in [1.807, 2.05) is 48.0 Å². The highest BCUT2D eigenvalue weighted by Gasteiger charge is 2.31. The third kappa shape index (κ3) is 4.52. The maximum Gasteiger partial charge on any atom is 0.263 e. The first-order chi connectivity index (χ1) is 16.8. The van der Waals surface area contributed by atoms with Crippen molar-refractivity contribution in [3.05, 3.63) is 72.4 Å². The van der Waals surface area contributed by atoms with E-state index in [-0.39, 0.29) is 28.4 Å². The Bertz CT molecular complexity index is 1480. The summed E-state index contributed by atoms with van der Waals surface area (Å²) in [6.07, 6.45) is 3.41. The van der Waals surface area contributed by atoms with Crippen molar-refractivity contribution in [1.82, 2.24) is 14.5 Å². The van der Waals surface area contributed by atoms with E-state index in [1.54, 1.807) is 27.3 Å². The Labute approximate surface area is 206 Å². The third-order valence-electron chi connectivity index (χ3n) is 6.05. The van der Waals surface area contributed by atoms with Gasteiger partial charge in [0.15, 0.2) is 5.13 Å². The zero-order valence-electron chi connectivity index (χ0n) is 18.9. The van der Waals surface area contributed by atoms with Crippen LogP contribution in [-0.2, 0) is 19.6 Å². The number of hydrogen-bond acceptors (Lipinski definition) is 6. The zero-order chi connectivity index (χ0) is 24.6. The van der Waals surface area contributed by atoms with Crippen LogP contribution in [0.4, 0.5) is 10.8 Å². The average Bonchev–Trinajstić information content (AvgIpc) is 3.53. The minimum atomic E-state index is -3.77. The van der Waals surface area contributed by atoms with Crippen LogP contribution in [0.3, 0.4) is 0 Å². The van der Waals surface area contributed by atoms with E-state index < -0.39 is 16.1 Å². The zero-order valence-corrected chi connectivity index (χ0v) is 20.5. The number of nitrogens with one attached hydrogen (secondary N) is 1. The molecule has 0 unspecified atom stereocenters. The molecule has 2 aromatic carbocycles. The van der Waals surface area contributed by atoms with Crippen molar-refractivity contribution in [3.63, 3.8) is 0 Å². The Kier molecular flexibility index (Phi) is 6.03. The molecule has 0 radical (unpaired) electrons. The predicted octanol–water partition coefficient (Wildman–Crippen LogP) is 3.34. The molecule has 1 aliphatic heterocycles. The van der Waals surface area contributed by atoms with Crippen LogP contribution < -0.4 is 9.62 Å². The van der Waals surface area contributed by atoms with Gasteiger partial charge in [-0.1, -0.05) is 18.2 Å². The quantitative estimate of drug-likeness (QED) is 0.429. The van der Waals surface area contributed by atoms with E-state index in [2.05, 4.69) is 9.71 Å². The first kappa shape index (κ1) is 23.1. The van der Waals surface area contributed by atoms with E-state index in [9.17, 15) is 18.0 Å². The fourth-order valence-electron chi connectivity index (χ4n) is 4.21. The van der Waals surface area contributed by atoms with Gasteiger partial charge in [0.2, 0.25) is 11.8 Å². The number of para-hydroxylation sites is 1. The fourth-order valence-corrected chi connectivity index (χ4v) is 6.00. The lowest BCUT2D eigenvalue weighted by Crippen LogP contribution is -2.53. The summed E-state index contributed by atoms with van der Waals surface area (Å²) in [5.74, 6) is -0.334. The van der Waals surface area contributed by atoms with E-state index >= 15 is 0 Å². The van der Waals surface area contributed by atoms with E-state index in [4.69, 9.17) is 0 Å². The molecule has 35 heavy (non-hydrogen) atoms. The van der Waals surface area contributed by atoms with Gasteiger partial charge in [-0.15, -0.1) is 11.3 Å². The number of amides is 2. The molecule has 5 rings (SSSR count). The van der Waals surface area contributed by atoms with Gasteiger partial charge in [0.05, 0.1) is 4.90 Å². The molecule has 3 heterocycles. The van der Waals surface area contributed by atoms with Crippen LogP contribution in [0.5, 0.6) is 0 Å². The number of piperazine rings is 1. The number of fused-ring (bicyclic) bond motifs is 1. The van der Waals surface area contributed by atoms with Gasteiger partial charge >= 0.3 is 0 Å². The second kappa shape index (κ2) is 9.16. The predicted molar refractivity (Wildman–Crippen MR) is 135 cm³/mol. The number of anilines is 2. The molecular formula is C24H23N5O4S2. The van der Waals surface area contributed by atoms with Crippen molar-refractivity contribution < 1.29 is 18.0 Å². The van der Waals surface area contributed by atoms with Gasteiger partial charge < -0.3 is 14.4 Å². The standard InChI is InChI=1S/C24H23N5O4S2/c1-17(28-12-10-18-4-2-3-5-21(18)28)23(31)27-13-14-29(22(30)16-27)19-6-8-20(9-7-19)35(32,33)26-24-25-11-15-34-24/h2-12,15,17H,13-14,16H2,1H3,(H,25,26)/t17-/m0/s1. The minimum Gasteiger partial charge on any atom is -0.335 e. The third-order valence-corrected chi connectivity index (χ3v) is 8.22. The lowest BCUT2D eigenvalue weighted by molar-refractivity contribution is -0.139. The second-order valence-electron chi connectivity index (χ2n) is 8.20. The summed E-state index contributed by atoms with van der Waals surface area (Å²) >= 11 is 1.19. The van der Waals surface area contributed by atoms with E-state index in [1.165, 1.54) is 29.7 Å². The molecule has 1 aliphatic rings. The smallest absolute Gasteiger partial charge is 0.263 e. The SMILES string of the molecule is C[C@@H](C(=O)N1CCN(c2ccc(S(=O)(=O)Nc3nccs3)cc2)C(=O)C1)n1ccc2ccccc21. The summed E-state index contributed by atoms with van der Waals surface area (Å²) in [5, 5.41) is 3.02. The first-order valence-corrected chi connectivity index (χ1v) is 13.4. The molecule has 0 spiro atoms. The van der Waals surface area contributed by atoms with Crippen LogP contribution in [0, 0.1) is 0 Å². The molecule has 4 aromatic rings. The van der Waals surface area contributed by atoms with Gasteiger partial charge in [-0.2, -0.15) is 0 Å². The molecule has 180 valence electrons. The number of benzene rings is 2. The number of sulfonamides is 1. The Morgan fingerprint density at radius 3 is 2.57 bits per heavy atom. The van der Waals surface area contributed by atoms with Crippen LogP contribution in [0.2, 0.25) is 0 Å². The number of hydrogen-bond donors (Lipinski definition) is 1. The monoisotopic (exact) mass is 509 g/mol. The van der Waals surface area contributed by atoms with Crippen LogP contribution in [-0.4, -0.2) is 54.3 Å². The average molecular weight is 510 g/mol. The number of rotatable bonds is 6. The Morgan fingerprint density at radius 2 is 1.86 bits per heavy atom. The van der Waals surface area contributed by atoms with Crippen molar-refractivity contribution in [3.8, 4) is 0 Å². The van der Waals surface area contributed by atoms with Gasteiger partial charge in [-0.25, -0.2) is 13.4 Å². The molecule has 0 bridgehead atoms. The molecule has 0 aliphatic carbocycles. The topological polar surface area (TPSA) is 105 Å². The maximum absolute atomic E-state index is 13.2. The van der Waals surface area contributed by atoms with Crippen LogP contribution in [0.1, 0.15) is 13.0 Å². The molecular weight excluding hydrogens is 486 g/mol. The van der Waals surface area contributed by atoms with Gasteiger partial charge in [0, 0.05) is 42.1 Å². The Balaban J connectivity index is 1.26. The lowest BCUT2D eigenvalue weighted by atomic mass is 10.2. The molecule has 11 heteroatoms. The van der Waals surface area contributed by atoms with Crippen molar-refractivity contribution in [2.24, 2.45) is 0 Å². The van der Waals surface area contributed by atoms with Crippen LogP contribution in [0.15, 0.2) is 77.3 Å². The second-order valence-corrected chi connectivity index (χ2v) is 10.8. The van der Waals surface area contributed by atoms with Crippen molar-refractivity contribution in [1.29, 1.82) is 0 Å².